The summed E-state index contributed by atoms with van der Waals surface area (Å²) < 4.78 is 25.3. The lowest BCUT2D eigenvalue weighted by Gasteiger charge is -2.04. The number of carbonyl (C=O) groups excluding carboxylic acids is 1. The summed E-state index contributed by atoms with van der Waals surface area (Å²) in [7, 11) is 1.60. The number of carbonyl (C=O) groups is 1. The summed E-state index contributed by atoms with van der Waals surface area (Å²) in [6.07, 6.45) is 0. The van der Waals surface area contributed by atoms with Crippen molar-refractivity contribution in [2.75, 3.05) is 18.9 Å². The van der Waals surface area contributed by atoms with Gasteiger partial charge in [-0.1, -0.05) is 0 Å². The standard InChI is InChI=1S/C9H10F2N2O.ClH/c1-12-5-9(14)13-8-3-6(10)2-7(11)4-8;/h2-4,12H,5H2,1H3,(H,13,14);1H. The van der Waals surface area contributed by atoms with Crippen LogP contribution in [0.2, 0.25) is 0 Å². The van der Waals surface area contributed by atoms with Crippen molar-refractivity contribution in [3.05, 3.63) is 29.8 Å². The molecule has 1 amide bonds. The van der Waals surface area contributed by atoms with Gasteiger partial charge in [-0.15, -0.1) is 12.4 Å². The van der Waals surface area contributed by atoms with Gasteiger partial charge in [-0.2, -0.15) is 0 Å². The minimum Gasteiger partial charge on any atom is -0.325 e. The van der Waals surface area contributed by atoms with Crippen LogP contribution >= 0.6 is 12.4 Å². The molecule has 0 aliphatic carbocycles. The molecule has 0 spiro atoms. The summed E-state index contributed by atoms with van der Waals surface area (Å²) in [5, 5.41) is 4.96. The third kappa shape index (κ3) is 4.71. The molecule has 0 atom stereocenters. The van der Waals surface area contributed by atoms with E-state index >= 15 is 0 Å². The number of rotatable bonds is 3. The molecule has 0 saturated carbocycles. The van der Waals surface area contributed by atoms with Crippen molar-refractivity contribution in [2.45, 2.75) is 0 Å². The fraction of sp³-hybridized carbons (Fsp3) is 0.222. The molecule has 15 heavy (non-hydrogen) atoms. The average Bonchev–Trinajstić information content (AvgIpc) is 2.01. The van der Waals surface area contributed by atoms with Gasteiger partial charge in [-0.05, 0) is 19.2 Å². The Morgan fingerprint density at radius 1 is 1.27 bits per heavy atom. The van der Waals surface area contributed by atoms with Gasteiger partial charge in [0.05, 0.1) is 6.54 Å². The number of benzene rings is 1. The first-order valence-corrected chi connectivity index (χ1v) is 4.02. The first-order valence-electron chi connectivity index (χ1n) is 4.02. The fourth-order valence-electron chi connectivity index (χ4n) is 0.992. The van der Waals surface area contributed by atoms with Crippen LogP contribution in [-0.2, 0) is 4.79 Å². The summed E-state index contributed by atoms with van der Waals surface area (Å²) in [4.78, 5) is 11.0. The minimum atomic E-state index is -0.718. The van der Waals surface area contributed by atoms with Crippen LogP contribution in [0.4, 0.5) is 14.5 Å². The van der Waals surface area contributed by atoms with E-state index in [9.17, 15) is 13.6 Å². The number of hydrogen-bond donors (Lipinski definition) is 2. The zero-order chi connectivity index (χ0) is 10.6. The molecular weight excluding hydrogens is 226 g/mol. The summed E-state index contributed by atoms with van der Waals surface area (Å²) in [6, 6.07) is 2.85. The first-order chi connectivity index (χ1) is 6.61. The Morgan fingerprint density at radius 2 is 1.80 bits per heavy atom. The SMILES string of the molecule is CNCC(=O)Nc1cc(F)cc(F)c1.Cl. The maximum absolute atomic E-state index is 12.7. The number of halogens is 3. The molecule has 0 heterocycles. The molecule has 0 aromatic heterocycles. The molecule has 1 aromatic carbocycles. The van der Waals surface area contributed by atoms with Gasteiger partial charge in [-0.3, -0.25) is 4.79 Å². The minimum absolute atomic E-state index is 0. The third-order valence-electron chi connectivity index (χ3n) is 1.48. The normalized spacial score (nSPS) is 9.27. The van der Waals surface area contributed by atoms with E-state index in [1.165, 1.54) is 0 Å². The first kappa shape index (κ1) is 13.8. The Bertz CT molecular complexity index is 327. The summed E-state index contributed by atoms with van der Waals surface area (Å²) >= 11 is 0. The van der Waals surface area contributed by atoms with Gasteiger partial charge >= 0.3 is 0 Å². The Kier molecular flexibility index (Phi) is 5.81. The highest BCUT2D eigenvalue weighted by Gasteiger charge is 2.03. The largest absolute Gasteiger partial charge is 0.325 e. The van der Waals surface area contributed by atoms with Gasteiger partial charge in [0.2, 0.25) is 5.91 Å². The molecule has 0 aliphatic rings. The second kappa shape index (κ2) is 6.31. The molecule has 84 valence electrons. The van der Waals surface area contributed by atoms with E-state index in [-0.39, 0.29) is 30.5 Å². The van der Waals surface area contributed by atoms with Gasteiger partial charge in [0, 0.05) is 11.8 Å². The van der Waals surface area contributed by atoms with E-state index in [0.717, 1.165) is 18.2 Å². The highest BCUT2D eigenvalue weighted by atomic mass is 35.5. The highest BCUT2D eigenvalue weighted by Crippen LogP contribution is 2.12. The predicted molar refractivity (Wildman–Crippen MR) is 56.2 cm³/mol. The zero-order valence-corrected chi connectivity index (χ0v) is 8.83. The molecule has 2 N–H and O–H groups in total. The number of hydrogen-bond acceptors (Lipinski definition) is 2. The van der Waals surface area contributed by atoms with Crippen LogP contribution in [0.3, 0.4) is 0 Å². The smallest absolute Gasteiger partial charge is 0.238 e. The molecule has 0 bridgehead atoms. The van der Waals surface area contributed by atoms with Crippen molar-refractivity contribution in [3.63, 3.8) is 0 Å². The van der Waals surface area contributed by atoms with Crippen LogP contribution in [0.15, 0.2) is 18.2 Å². The second-order valence-corrected chi connectivity index (χ2v) is 2.74. The highest BCUT2D eigenvalue weighted by molar-refractivity contribution is 5.92. The van der Waals surface area contributed by atoms with E-state index in [4.69, 9.17) is 0 Å². The van der Waals surface area contributed by atoms with Crippen LogP contribution in [0.5, 0.6) is 0 Å². The topological polar surface area (TPSA) is 41.1 Å². The maximum atomic E-state index is 12.7. The molecular formula is C9H11ClF2N2O. The van der Waals surface area contributed by atoms with Crippen molar-refractivity contribution < 1.29 is 13.6 Å². The number of likely N-dealkylation sites (N-methyl/N-ethyl adjacent to an activating group) is 1. The second-order valence-electron chi connectivity index (χ2n) is 2.74. The number of nitrogens with one attached hydrogen (secondary N) is 2. The molecule has 1 rings (SSSR count). The van der Waals surface area contributed by atoms with Gasteiger partial charge in [-0.25, -0.2) is 8.78 Å². The molecule has 0 unspecified atom stereocenters. The quantitative estimate of drug-likeness (QED) is 0.836. The number of anilines is 1. The third-order valence-corrected chi connectivity index (χ3v) is 1.48. The van der Waals surface area contributed by atoms with Gasteiger partial charge < -0.3 is 10.6 Å². The zero-order valence-electron chi connectivity index (χ0n) is 8.01. The van der Waals surface area contributed by atoms with Crippen LogP contribution in [0.25, 0.3) is 0 Å². The van der Waals surface area contributed by atoms with Gasteiger partial charge in [0.15, 0.2) is 0 Å². The molecule has 0 radical (unpaired) electrons. The van der Waals surface area contributed by atoms with Crippen LogP contribution in [-0.4, -0.2) is 19.5 Å². The monoisotopic (exact) mass is 236 g/mol. The lowest BCUT2D eigenvalue weighted by atomic mass is 10.3. The van der Waals surface area contributed by atoms with Gasteiger partial charge in [0.1, 0.15) is 11.6 Å². The Hall–Kier alpha value is -1.20. The molecule has 1 aromatic rings. The Morgan fingerprint density at radius 3 is 2.27 bits per heavy atom. The van der Waals surface area contributed by atoms with Crippen LogP contribution < -0.4 is 10.6 Å². The Balaban J connectivity index is 0.00000196. The van der Waals surface area contributed by atoms with E-state index in [1.54, 1.807) is 7.05 Å². The summed E-state index contributed by atoms with van der Waals surface area (Å²) in [6.45, 7) is 0.0954. The van der Waals surface area contributed by atoms with E-state index < -0.39 is 11.6 Å². The van der Waals surface area contributed by atoms with Crippen LogP contribution in [0.1, 0.15) is 0 Å². The maximum Gasteiger partial charge on any atom is 0.238 e. The molecule has 3 nitrogen and oxygen atoms in total. The van der Waals surface area contributed by atoms with E-state index in [0.29, 0.717) is 0 Å². The Labute approximate surface area is 92.3 Å². The molecule has 0 saturated heterocycles. The summed E-state index contributed by atoms with van der Waals surface area (Å²) in [5.41, 5.74) is 0.114. The van der Waals surface area contributed by atoms with Crippen molar-refractivity contribution in [3.8, 4) is 0 Å². The molecule has 0 aliphatic heterocycles. The van der Waals surface area contributed by atoms with Crippen molar-refractivity contribution >= 4 is 24.0 Å². The van der Waals surface area contributed by atoms with E-state index in [2.05, 4.69) is 10.6 Å². The van der Waals surface area contributed by atoms with Crippen molar-refractivity contribution in [1.82, 2.24) is 5.32 Å². The fourth-order valence-corrected chi connectivity index (χ4v) is 0.992. The van der Waals surface area contributed by atoms with Crippen molar-refractivity contribution in [2.24, 2.45) is 0 Å². The lowest BCUT2D eigenvalue weighted by molar-refractivity contribution is -0.115. The molecule has 6 heteroatoms. The van der Waals surface area contributed by atoms with Crippen LogP contribution in [0, 0.1) is 11.6 Å². The molecule has 0 fully saturated rings. The lowest BCUT2D eigenvalue weighted by Crippen LogP contribution is -2.25. The predicted octanol–water partition coefficient (Wildman–Crippen LogP) is 1.54. The van der Waals surface area contributed by atoms with Crippen molar-refractivity contribution in [1.29, 1.82) is 0 Å². The summed E-state index contributed by atoms with van der Waals surface area (Å²) in [5.74, 6) is -1.79. The average molecular weight is 237 g/mol. The number of amides is 1. The van der Waals surface area contributed by atoms with E-state index in [1.807, 2.05) is 0 Å². The van der Waals surface area contributed by atoms with Gasteiger partial charge in [0.25, 0.3) is 0 Å².